The van der Waals surface area contributed by atoms with Gasteiger partial charge in [-0.25, -0.2) is 0 Å². The van der Waals surface area contributed by atoms with Crippen LogP contribution in [0.3, 0.4) is 0 Å². The summed E-state index contributed by atoms with van der Waals surface area (Å²) in [4.78, 5) is 26.3. The molecule has 0 saturated heterocycles. The summed E-state index contributed by atoms with van der Waals surface area (Å²) in [5.41, 5.74) is 5.06. The number of amides is 1. The maximum atomic E-state index is 13.2. The summed E-state index contributed by atoms with van der Waals surface area (Å²) < 4.78 is 2.94. The van der Waals surface area contributed by atoms with Gasteiger partial charge < -0.3 is 9.88 Å². The van der Waals surface area contributed by atoms with E-state index < -0.39 is 0 Å². The Hall–Kier alpha value is -2.40. The van der Waals surface area contributed by atoms with Gasteiger partial charge in [0.05, 0.1) is 5.52 Å². The smallest absolute Gasteiger partial charge is 0.261 e. The summed E-state index contributed by atoms with van der Waals surface area (Å²) in [6, 6.07) is 10.2. The van der Waals surface area contributed by atoms with Gasteiger partial charge in [-0.2, -0.15) is 0 Å². The maximum Gasteiger partial charge on any atom is 0.261 e. The van der Waals surface area contributed by atoms with E-state index in [0.717, 1.165) is 51.6 Å². The molecule has 0 saturated carbocycles. The normalized spacial score (nSPS) is 15.2. The van der Waals surface area contributed by atoms with E-state index in [2.05, 4.69) is 52.7 Å². The number of hydrogen-bond acceptors (Lipinski definition) is 2. The fraction of sp³-hybridized carbons (Fsp3) is 0.304. The summed E-state index contributed by atoms with van der Waals surface area (Å²) in [5, 5.41) is 3.63. The SMILES string of the molecule is CCc1cccc(CC)c1NC(=O)c1cn2c3c(cc(Br)cc3c1=O)CC2C. The lowest BCUT2D eigenvalue weighted by atomic mass is 10.0. The van der Waals surface area contributed by atoms with Crippen molar-refractivity contribution in [1.29, 1.82) is 0 Å². The molecule has 28 heavy (non-hydrogen) atoms. The molecule has 0 bridgehead atoms. The quantitative estimate of drug-likeness (QED) is 0.603. The number of pyridine rings is 1. The van der Waals surface area contributed by atoms with E-state index in [-0.39, 0.29) is 22.9 Å². The highest BCUT2D eigenvalue weighted by Gasteiger charge is 2.25. The molecule has 0 spiro atoms. The number of hydrogen-bond donors (Lipinski definition) is 1. The molecule has 0 radical (unpaired) electrons. The number of para-hydroxylation sites is 1. The Morgan fingerprint density at radius 2 is 1.89 bits per heavy atom. The van der Waals surface area contributed by atoms with Crippen molar-refractivity contribution < 1.29 is 4.79 Å². The molecule has 1 aliphatic heterocycles. The number of halogens is 1. The average Bonchev–Trinajstić information content (AvgIpc) is 2.99. The molecule has 4 rings (SSSR count). The molecule has 0 fully saturated rings. The predicted octanol–water partition coefficient (Wildman–Crippen LogP) is 5.26. The maximum absolute atomic E-state index is 13.2. The topological polar surface area (TPSA) is 51.1 Å². The van der Waals surface area contributed by atoms with Crippen LogP contribution in [0, 0.1) is 0 Å². The molecular formula is C23H23BrN2O2. The van der Waals surface area contributed by atoms with Crippen molar-refractivity contribution in [3.63, 3.8) is 0 Å². The van der Waals surface area contributed by atoms with Crippen molar-refractivity contribution in [2.75, 3.05) is 5.32 Å². The second-order valence-electron chi connectivity index (χ2n) is 7.41. The molecule has 1 unspecified atom stereocenters. The molecule has 3 aromatic rings. The fourth-order valence-electron chi connectivity index (χ4n) is 4.21. The minimum atomic E-state index is -0.341. The van der Waals surface area contributed by atoms with Crippen molar-refractivity contribution in [3.8, 4) is 0 Å². The van der Waals surface area contributed by atoms with Gasteiger partial charge in [-0.3, -0.25) is 9.59 Å². The summed E-state index contributed by atoms with van der Waals surface area (Å²) in [7, 11) is 0. The average molecular weight is 439 g/mol. The fourth-order valence-corrected chi connectivity index (χ4v) is 4.71. The van der Waals surface area contributed by atoms with Crippen LogP contribution < -0.4 is 10.7 Å². The first-order valence-electron chi connectivity index (χ1n) is 9.74. The number of anilines is 1. The van der Waals surface area contributed by atoms with Gasteiger partial charge in [-0.1, -0.05) is 48.0 Å². The van der Waals surface area contributed by atoms with Gasteiger partial charge in [-0.05, 0) is 55.0 Å². The van der Waals surface area contributed by atoms with E-state index in [9.17, 15) is 9.59 Å². The Labute approximate surface area is 172 Å². The number of aryl methyl sites for hydroxylation is 2. The van der Waals surface area contributed by atoms with Crippen LogP contribution in [-0.2, 0) is 19.3 Å². The van der Waals surface area contributed by atoms with Crippen molar-refractivity contribution in [2.24, 2.45) is 0 Å². The van der Waals surface area contributed by atoms with Crippen LogP contribution in [0.2, 0.25) is 0 Å². The van der Waals surface area contributed by atoms with E-state index >= 15 is 0 Å². The Kier molecular flexibility index (Phi) is 4.88. The number of nitrogens with one attached hydrogen (secondary N) is 1. The van der Waals surface area contributed by atoms with Crippen molar-refractivity contribution in [3.05, 3.63) is 73.5 Å². The first-order chi connectivity index (χ1) is 13.4. The second-order valence-corrected chi connectivity index (χ2v) is 8.32. The zero-order valence-electron chi connectivity index (χ0n) is 16.3. The number of nitrogens with zero attached hydrogens (tertiary/aromatic N) is 1. The zero-order valence-corrected chi connectivity index (χ0v) is 17.9. The molecule has 5 heteroatoms. The molecule has 4 nitrogen and oxygen atoms in total. The molecule has 2 aromatic carbocycles. The first kappa shape index (κ1) is 18.9. The van der Waals surface area contributed by atoms with Crippen LogP contribution in [0.4, 0.5) is 5.69 Å². The highest BCUT2D eigenvalue weighted by Crippen LogP contribution is 2.33. The molecule has 1 amide bonds. The number of carbonyl (C=O) groups excluding carboxylic acids is 1. The first-order valence-corrected chi connectivity index (χ1v) is 10.5. The molecule has 1 aliphatic rings. The van der Waals surface area contributed by atoms with Crippen molar-refractivity contribution >= 4 is 38.4 Å². The van der Waals surface area contributed by atoms with Gasteiger partial charge >= 0.3 is 0 Å². The summed E-state index contributed by atoms with van der Waals surface area (Å²) in [5.74, 6) is -0.341. The molecule has 2 heterocycles. The van der Waals surface area contributed by atoms with E-state index in [1.54, 1.807) is 6.20 Å². The molecular weight excluding hydrogens is 416 g/mol. The lowest BCUT2D eigenvalue weighted by Gasteiger charge is -2.16. The van der Waals surface area contributed by atoms with Gasteiger partial charge in [0.1, 0.15) is 5.56 Å². The van der Waals surface area contributed by atoms with Gasteiger partial charge in [0.25, 0.3) is 5.91 Å². The summed E-state index contributed by atoms with van der Waals surface area (Å²) in [6.07, 6.45) is 4.23. The van der Waals surface area contributed by atoms with Crippen LogP contribution >= 0.6 is 15.9 Å². The van der Waals surface area contributed by atoms with E-state index in [1.807, 2.05) is 24.3 Å². The lowest BCUT2D eigenvalue weighted by molar-refractivity contribution is 0.102. The number of benzene rings is 2. The minimum absolute atomic E-state index is 0.193. The molecule has 1 atom stereocenters. The van der Waals surface area contributed by atoms with Gasteiger partial charge in [0.2, 0.25) is 5.43 Å². The predicted molar refractivity (Wildman–Crippen MR) is 117 cm³/mol. The Morgan fingerprint density at radius 3 is 2.54 bits per heavy atom. The molecule has 144 valence electrons. The van der Waals surface area contributed by atoms with Crippen LogP contribution in [-0.4, -0.2) is 10.5 Å². The monoisotopic (exact) mass is 438 g/mol. The number of rotatable bonds is 4. The Balaban J connectivity index is 1.85. The largest absolute Gasteiger partial charge is 0.343 e. The highest BCUT2D eigenvalue weighted by atomic mass is 79.9. The third kappa shape index (κ3) is 2.98. The molecule has 1 N–H and O–H groups in total. The van der Waals surface area contributed by atoms with Gasteiger partial charge in [0, 0.05) is 27.8 Å². The van der Waals surface area contributed by atoms with Crippen molar-refractivity contribution in [1.82, 2.24) is 4.57 Å². The molecule has 1 aromatic heterocycles. The van der Waals surface area contributed by atoms with Gasteiger partial charge in [0.15, 0.2) is 0 Å². The van der Waals surface area contributed by atoms with Gasteiger partial charge in [-0.15, -0.1) is 0 Å². The van der Waals surface area contributed by atoms with E-state index in [0.29, 0.717) is 5.39 Å². The standard InChI is InChI=1S/C23H23BrN2O2/c1-4-14-7-6-8-15(5-2)20(14)25-23(28)19-12-26-13(3)9-16-10-17(24)11-18(21(16)26)22(19)27/h6-8,10-13H,4-5,9H2,1-3H3,(H,25,28). The Bertz CT molecular complexity index is 1140. The Morgan fingerprint density at radius 1 is 1.21 bits per heavy atom. The third-order valence-corrected chi connectivity index (χ3v) is 6.10. The van der Waals surface area contributed by atoms with Crippen LogP contribution in [0.1, 0.15) is 53.9 Å². The van der Waals surface area contributed by atoms with Crippen molar-refractivity contribution in [2.45, 2.75) is 46.1 Å². The number of aromatic nitrogens is 1. The third-order valence-electron chi connectivity index (χ3n) is 5.64. The second kappa shape index (κ2) is 7.21. The minimum Gasteiger partial charge on any atom is -0.343 e. The van der Waals surface area contributed by atoms with Crippen LogP contribution in [0.15, 0.2) is 45.8 Å². The lowest BCUT2D eigenvalue weighted by Crippen LogP contribution is -2.24. The zero-order chi connectivity index (χ0) is 20.0. The van der Waals surface area contributed by atoms with Crippen LogP contribution in [0.25, 0.3) is 10.9 Å². The summed E-state index contributed by atoms with van der Waals surface area (Å²) in [6.45, 7) is 6.24. The number of carbonyl (C=O) groups is 1. The summed E-state index contributed by atoms with van der Waals surface area (Å²) >= 11 is 3.51. The van der Waals surface area contributed by atoms with E-state index in [1.165, 1.54) is 0 Å². The van der Waals surface area contributed by atoms with E-state index in [4.69, 9.17) is 0 Å². The van der Waals surface area contributed by atoms with Crippen LogP contribution in [0.5, 0.6) is 0 Å². The highest BCUT2D eigenvalue weighted by molar-refractivity contribution is 9.10. The molecule has 0 aliphatic carbocycles.